The Morgan fingerprint density at radius 1 is 1.22 bits per heavy atom. The van der Waals surface area contributed by atoms with Crippen molar-refractivity contribution < 1.29 is 14.0 Å². The number of hydrogen-bond acceptors (Lipinski definition) is 5. The van der Waals surface area contributed by atoms with Gasteiger partial charge in [0, 0.05) is 4.88 Å². The van der Waals surface area contributed by atoms with Gasteiger partial charge in [0.15, 0.2) is 5.76 Å². The first-order valence-corrected chi connectivity index (χ1v) is 8.59. The van der Waals surface area contributed by atoms with E-state index in [1.165, 1.54) is 17.6 Å². The second kappa shape index (κ2) is 6.80. The fourth-order valence-corrected chi connectivity index (χ4v) is 3.64. The second-order valence-corrected chi connectivity index (χ2v) is 6.90. The van der Waals surface area contributed by atoms with Crippen molar-refractivity contribution in [2.75, 3.05) is 5.32 Å². The third-order valence-corrected chi connectivity index (χ3v) is 5.14. The van der Waals surface area contributed by atoms with Crippen molar-refractivity contribution in [3.63, 3.8) is 0 Å². The highest BCUT2D eigenvalue weighted by atomic mass is 32.1. The van der Waals surface area contributed by atoms with Crippen LogP contribution < -0.4 is 10.6 Å². The Morgan fingerprint density at radius 3 is 2.78 bits per heavy atom. The van der Waals surface area contributed by atoms with Crippen LogP contribution in [-0.2, 0) is 6.54 Å². The van der Waals surface area contributed by atoms with E-state index < -0.39 is 0 Å². The summed E-state index contributed by atoms with van der Waals surface area (Å²) in [6, 6.07) is 8.94. The Bertz CT molecular complexity index is 805. The van der Waals surface area contributed by atoms with Gasteiger partial charge in [-0.15, -0.1) is 22.7 Å². The Balaban J connectivity index is 1.65. The smallest absolute Gasteiger partial charge is 0.291 e. The molecule has 3 heterocycles. The summed E-state index contributed by atoms with van der Waals surface area (Å²) >= 11 is 2.85. The molecule has 2 amide bonds. The molecule has 0 aliphatic heterocycles. The Hall–Kier alpha value is -2.38. The van der Waals surface area contributed by atoms with Crippen molar-refractivity contribution in [2.45, 2.75) is 13.5 Å². The molecular weight excluding hydrogens is 332 g/mol. The molecule has 23 heavy (non-hydrogen) atoms. The summed E-state index contributed by atoms with van der Waals surface area (Å²) in [6.45, 7) is 2.35. The van der Waals surface area contributed by atoms with E-state index in [1.54, 1.807) is 29.5 Å². The Kier molecular flexibility index (Phi) is 4.59. The summed E-state index contributed by atoms with van der Waals surface area (Å²) in [5.41, 5.74) is 0.827. The maximum atomic E-state index is 12.3. The molecule has 0 radical (unpaired) electrons. The molecular formula is C16H14N2O3S2. The first-order chi connectivity index (χ1) is 11.1. The molecule has 118 valence electrons. The van der Waals surface area contributed by atoms with E-state index in [0.29, 0.717) is 16.4 Å². The molecule has 0 saturated heterocycles. The van der Waals surface area contributed by atoms with Gasteiger partial charge in [0.2, 0.25) is 0 Å². The molecule has 7 heteroatoms. The van der Waals surface area contributed by atoms with Gasteiger partial charge in [0.05, 0.1) is 22.7 Å². The van der Waals surface area contributed by atoms with E-state index in [9.17, 15) is 9.59 Å². The van der Waals surface area contributed by atoms with Crippen LogP contribution in [0.1, 0.15) is 30.7 Å². The van der Waals surface area contributed by atoms with Gasteiger partial charge in [-0.2, -0.15) is 0 Å². The van der Waals surface area contributed by atoms with Crippen LogP contribution in [0.2, 0.25) is 0 Å². The van der Waals surface area contributed by atoms with Gasteiger partial charge in [0.1, 0.15) is 0 Å². The molecule has 0 saturated carbocycles. The van der Waals surface area contributed by atoms with Crippen LogP contribution >= 0.6 is 22.7 Å². The minimum Gasteiger partial charge on any atom is -0.459 e. The van der Waals surface area contributed by atoms with Gasteiger partial charge in [-0.3, -0.25) is 9.59 Å². The average molecular weight is 346 g/mol. The van der Waals surface area contributed by atoms with Crippen LogP contribution in [0.25, 0.3) is 0 Å². The van der Waals surface area contributed by atoms with Gasteiger partial charge in [-0.1, -0.05) is 6.07 Å². The van der Waals surface area contributed by atoms with Crippen molar-refractivity contribution in [2.24, 2.45) is 0 Å². The molecule has 3 aromatic heterocycles. The van der Waals surface area contributed by atoms with Crippen LogP contribution in [-0.4, -0.2) is 11.8 Å². The first kappa shape index (κ1) is 15.5. The number of amides is 2. The first-order valence-electron chi connectivity index (χ1n) is 6.89. The lowest BCUT2D eigenvalue weighted by Crippen LogP contribution is -2.21. The van der Waals surface area contributed by atoms with E-state index in [4.69, 9.17) is 4.42 Å². The van der Waals surface area contributed by atoms with E-state index in [2.05, 4.69) is 10.6 Å². The maximum Gasteiger partial charge on any atom is 0.291 e. The van der Waals surface area contributed by atoms with Gasteiger partial charge in [-0.05, 0) is 42.1 Å². The van der Waals surface area contributed by atoms with Gasteiger partial charge >= 0.3 is 0 Å². The molecule has 3 aromatic rings. The lowest BCUT2D eigenvalue weighted by Gasteiger charge is -2.02. The third kappa shape index (κ3) is 3.69. The molecule has 0 aliphatic rings. The standard InChI is InChI=1S/C16H14N2O3S2/c1-10-8-13(18-15(19)12-5-2-6-21-12)23-14(10)16(20)17-9-11-4-3-7-22-11/h2-8H,9H2,1H3,(H,17,20)(H,18,19). The van der Waals surface area contributed by atoms with Crippen LogP contribution in [0.4, 0.5) is 5.00 Å². The number of aryl methyl sites for hydroxylation is 1. The van der Waals surface area contributed by atoms with Crippen molar-refractivity contribution >= 4 is 39.5 Å². The summed E-state index contributed by atoms with van der Waals surface area (Å²) in [5, 5.41) is 8.21. The molecule has 3 rings (SSSR count). The fraction of sp³-hybridized carbons (Fsp3) is 0.125. The molecule has 0 atom stereocenters. The van der Waals surface area contributed by atoms with Crippen molar-refractivity contribution in [3.05, 3.63) is 63.1 Å². The van der Waals surface area contributed by atoms with Gasteiger partial charge < -0.3 is 15.1 Å². The largest absolute Gasteiger partial charge is 0.459 e. The molecule has 5 nitrogen and oxygen atoms in total. The minimum absolute atomic E-state index is 0.139. The molecule has 0 aromatic carbocycles. The summed E-state index contributed by atoms with van der Waals surface area (Å²) in [7, 11) is 0. The van der Waals surface area contributed by atoms with Crippen molar-refractivity contribution in [3.8, 4) is 0 Å². The molecule has 0 spiro atoms. The lowest BCUT2D eigenvalue weighted by molar-refractivity contribution is 0.0953. The summed E-state index contributed by atoms with van der Waals surface area (Å²) < 4.78 is 5.05. The van der Waals surface area contributed by atoms with Crippen molar-refractivity contribution in [1.29, 1.82) is 0 Å². The molecule has 0 bridgehead atoms. The fourth-order valence-electron chi connectivity index (χ4n) is 2.01. The average Bonchev–Trinajstić information content (AvgIpc) is 3.27. The number of nitrogens with one attached hydrogen (secondary N) is 2. The summed E-state index contributed by atoms with van der Waals surface area (Å²) in [6.07, 6.45) is 1.44. The Labute approximate surface area is 141 Å². The Morgan fingerprint density at radius 2 is 2.09 bits per heavy atom. The highest BCUT2D eigenvalue weighted by Crippen LogP contribution is 2.27. The zero-order valence-electron chi connectivity index (χ0n) is 12.3. The van der Waals surface area contributed by atoms with Gasteiger partial charge in [0.25, 0.3) is 11.8 Å². The molecule has 2 N–H and O–H groups in total. The minimum atomic E-state index is -0.332. The summed E-state index contributed by atoms with van der Waals surface area (Å²) in [5.74, 6) is -0.235. The number of carbonyl (C=O) groups is 2. The third-order valence-electron chi connectivity index (χ3n) is 3.11. The maximum absolute atomic E-state index is 12.3. The number of thiophene rings is 2. The predicted molar refractivity (Wildman–Crippen MR) is 91.2 cm³/mol. The van der Waals surface area contributed by atoms with Gasteiger partial charge in [-0.25, -0.2) is 0 Å². The number of anilines is 1. The molecule has 0 fully saturated rings. The van der Waals surface area contributed by atoms with Crippen LogP contribution in [0.5, 0.6) is 0 Å². The zero-order chi connectivity index (χ0) is 16.2. The van der Waals surface area contributed by atoms with Crippen LogP contribution in [0, 0.1) is 6.92 Å². The molecule has 0 aliphatic carbocycles. The SMILES string of the molecule is Cc1cc(NC(=O)c2ccco2)sc1C(=O)NCc1cccs1. The lowest BCUT2D eigenvalue weighted by atomic mass is 10.2. The number of hydrogen-bond donors (Lipinski definition) is 2. The van der Waals surface area contributed by atoms with E-state index in [0.717, 1.165) is 10.4 Å². The van der Waals surface area contributed by atoms with Crippen LogP contribution in [0.15, 0.2) is 46.4 Å². The second-order valence-electron chi connectivity index (χ2n) is 4.82. The predicted octanol–water partition coefficient (Wildman–Crippen LogP) is 3.89. The quantitative estimate of drug-likeness (QED) is 0.736. The zero-order valence-corrected chi connectivity index (χ0v) is 13.9. The number of carbonyl (C=O) groups excluding carboxylic acids is 2. The monoisotopic (exact) mass is 346 g/mol. The van der Waals surface area contributed by atoms with E-state index >= 15 is 0 Å². The molecule has 0 unspecified atom stereocenters. The highest BCUT2D eigenvalue weighted by Gasteiger charge is 2.16. The topological polar surface area (TPSA) is 71.3 Å². The van der Waals surface area contributed by atoms with Crippen molar-refractivity contribution in [1.82, 2.24) is 5.32 Å². The number of rotatable bonds is 5. The summed E-state index contributed by atoms with van der Waals surface area (Å²) in [4.78, 5) is 25.9. The van der Waals surface area contributed by atoms with Crippen LogP contribution in [0.3, 0.4) is 0 Å². The van der Waals surface area contributed by atoms with E-state index in [-0.39, 0.29) is 17.6 Å². The van der Waals surface area contributed by atoms with E-state index in [1.807, 2.05) is 24.4 Å². The number of furan rings is 1. The highest BCUT2D eigenvalue weighted by molar-refractivity contribution is 7.18. The normalized spacial score (nSPS) is 10.5.